The zero-order valence-corrected chi connectivity index (χ0v) is 51.2. The smallest absolute Gasteiger partial charge is 0.279 e. The lowest BCUT2D eigenvalue weighted by molar-refractivity contribution is -0.131. The van der Waals surface area contributed by atoms with Crippen molar-refractivity contribution >= 4 is 52.3 Å². The first-order valence-corrected chi connectivity index (χ1v) is 31.1. The Morgan fingerprint density at radius 3 is 2.35 bits per heavy atom. The summed E-state index contributed by atoms with van der Waals surface area (Å²) in [5.41, 5.74) is 6.91. The summed E-state index contributed by atoms with van der Waals surface area (Å²) >= 11 is 1.14. The zero-order valence-electron chi connectivity index (χ0n) is 50.3. The van der Waals surface area contributed by atoms with Gasteiger partial charge >= 0.3 is 0 Å². The van der Waals surface area contributed by atoms with Gasteiger partial charge in [-0.05, 0) is 110 Å². The molecule has 2 atom stereocenters. The van der Waals surface area contributed by atoms with E-state index in [9.17, 15) is 24.0 Å². The number of hydrogen-bond donors (Lipinski definition) is 5. The molecule has 4 amide bonds. The monoisotopic (exact) mass is 1170 g/mol. The molecule has 2 aromatic carbocycles. The largest absolute Gasteiger partial charge is 0.497 e. The van der Waals surface area contributed by atoms with Crippen LogP contribution in [0.5, 0.6) is 11.5 Å². The van der Waals surface area contributed by atoms with Crippen LogP contribution in [0.4, 0.5) is 5.69 Å². The number of aryl methyl sites for hydroxylation is 1. The predicted molar refractivity (Wildman–Crippen MR) is 335 cm³/mol. The summed E-state index contributed by atoms with van der Waals surface area (Å²) in [5.74, 6) is 0.570. The normalized spacial score (nSPS) is 14.8. The van der Waals surface area contributed by atoms with Gasteiger partial charge in [-0.25, -0.2) is 4.98 Å². The molecule has 5 N–H and O–H groups in total. The van der Waals surface area contributed by atoms with E-state index in [-0.39, 0.29) is 55.5 Å². The van der Waals surface area contributed by atoms with Crippen molar-refractivity contribution in [1.29, 1.82) is 0 Å². The molecular weight excluding hydrogens is 1080 g/mol. The fourth-order valence-electron chi connectivity index (χ4n) is 10.8. The van der Waals surface area contributed by atoms with E-state index in [4.69, 9.17) is 9.47 Å². The molecular formula is C64H90N12O7S. The number of piperidine rings is 1. The topological polar surface area (TPSA) is 221 Å². The molecule has 454 valence electrons. The van der Waals surface area contributed by atoms with Gasteiger partial charge in [0.2, 0.25) is 11.8 Å². The molecule has 8 rings (SSSR count). The summed E-state index contributed by atoms with van der Waals surface area (Å²) in [7, 11) is 1.62. The van der Waals surface area contributed by atoms with E-state index in [1.54, 1.807) is 42.5 Å². The molecule has 19 nitrogen and oxygen atoms in total. The van der Waals surface area contributed by atoms with Crippen molar-refractivity contribution in [1.82, 2.24) is 55.2 Å². The molecule has 2 aliphatic heterocycles. The average Bonchev–Trinajstić information content (AvgIpc) is 4.04. The molecule has 2 unspecified atom stereocenters. The number of hydrogen-bond acceptors (Lipinski definition) is 14. The van der Waals surface area contributed by atoms with Crippen LogP contribution in [0.15, 0.2) is 101 Å². The van der Waals surface area contributed by atoms with Gasteiger partial charge in [0.1, 0.15) is 23.2 Å². The number of unbranched alkanes of at least 4 members (excludes halogenated alkanes) is 2. The van der Waals surface area contributed by atoms with E-state index < -0.39 is 6.04 Å². The molecule has 0 radical (unpaired) electrons. The summed E-state index contributed by atoms with van der Waals surface area (Å²) in [4.78, 5) is 86.3. The third kappa shape index (κ3) is 18.6. The van der Waals surface area contributed by atoms with Crippen molar-refractivity contribution in [2.24, 2.45) is 5.92 Å². The highest BCUT2D eigenvalue weighted by atomic mass is 32.2. The van der Waals surface area contributed by atoms with Crippen LogP contribution >= 0.6 is 11.9 Å². The number of H-pyrrole nitrogens is 1. The SMILES string of the molecule is CCCC(CCC)C(NC(=O)c1cccc(C2CCCN(C(=O)CNCc3ccc(OC)cc3OCC)C2)c1)C(=O)NCCn1cc(SNC(=O)c2ccc(N3CCN(Cc4cnc5cc(CC)c(=O)[nH]c5c4)CC3)cn2)cn1.CCCCC.[HH]. The molecule has 0 saturated carbocycles. The number of nitrogens with one attached hydrogen (secondary N) is 5. The number of methoxy groups -OCH3 is 1. The van der Waals surface area contributed by atoms with E-state index in [0.29, 0.717) is 61.1 Å². The minimum atomic E-state index is -0.741. The molecule has 2 fully saturated rings. The third-order valence-electron chi connectivity index (χ3n) is 15.5. The summed E-state index contributed by atoms with van der Waals surface area (Å²) in [6, 6.07) is 20.0. The van der Waals surface area contributed by atoms with Crippen LogP contribution in [0.25, 0.3) is 11.0 Å². The molecule has 4 aromatic heterocycles. The molecule has 84 heavy (non-hydrogen) atoms. The number of aromatic nitrogens is 5. The maximum absolute atomic E-state index is 14.1. The van der Waals surface area contributed by atoms with Crippen LogP contribution in [0, 0.1) is 5.92 Å². The number of anilines is 1. The van der Waals surface area contributed by atoms with E-state index in [1.807, 2.05) is 79.5 Å². The first-order chi connectivity index (χ1) is 40.9. The second-order valence-corrected chi connectivity index (χ2v) is 22.5. The van der Waals surface area contributed by atoms with Crippen LogP contribution in [0.1, 0.15) is 150 Å². The first-order valence-electron chi connectivity index (χ1n) is 30.3. The second kappa shape index (κ2) is 33.3. The standard InChI is InChI=1S/C59H76N12O7S.C5H12.H2/c1-6-12-42(13-7-2)55(66-57(74)44-15-10-14-43(29-44)46-16-11-22-70(38-46)54(72)36-60-33-45-17-19-48(77-5)31-53(45)78-9-4)59(76)61-21-23-71-39-49(35-64-71)79-67-58(75)50-20-18-47(34-63-50)69-26-24-68(25-27-69)37-40-28-52-51(62-32-40)30-41(8-3)56(73)65-52;1-3-5-4-2;/h10,14-15,17-20,28-32,34-35,39,42,46,55,60H,6-9,11-13,16,21-27,33,36-38H2,1-5H3,(H,61,76)(H,65,73)(H,66,74)(H,67,75);3-5H2,1-2H3;1H. The molecule has 6 aromatic rings. The quantitative estimate of drug-likeness (QED) is 0.0289. The van der Waals surface area contributed by atoms with Gasteiger partial charge in [0, 0.05) is 101 Å². The molecule has 6 heterocycles. The Bertz CT molecular complexity index is 3130. The van der Waals surface area contributed by atoms with Crippen molar-refractivity contribution in [3.63, 3.8) is 0 Å². The Morgan fingerprint density at radius 2 is 1.64 bits per heavy atom. The predicted octanol–water partition coefficient (Wildman–Crippen LogP) is 9.31. The van der Waals surface area contributed by atoms with Crippen molar-refractivity contribution < 1.29 is 30.1 Å². The Labute approximate surface area is 501 Å². The number of piperazine rings is 1. The van der Waals surface area contributed by atoms with Crippen LogP contribution in [0.3, 0.4) is 0 Å². The maximum Gasteiger partial charge on any atom is 0.279 e. The number of nitrogens with zero attached hydrogens (tertiary/aromatic N) is 7. The number of aromatic amines is 1. The average molecular weight is 1170 g/mol. The van der Waals surface area contributed by atoms with Crippen LogP contribution in [-0.4, -0.2) is 130 Å². The number of fused-ring (bicyclic) bond motifs is 1. The van der Waals surface area contributed by atoms with Crippen molar-refractivity contribution in [3.05, 3.63) is 135 Å². The minimum absolute atomic E-state index is 0. The van der Waals surface area contributed by atoms with E-state index in [2.05, 4.69) is 78.2 Å². The zero-order chi connectivity index (χ0) is 59.8. The first kappa shape index (κ1) is 64.3. The highest BCUT2D eigenvalue weighted by Gasteiger charge is 2.31. The number of carbonyl (C=O) groups is 4. The Kier molecular flexibility index (Phi) is 25.5. The van der Waals surface area contributed by atoms with Gasteiger partial charge in [0.15, 0.2) is 0 Å². The number of benzene rings is 2. The lowest BCUT2D eigenvalue weighted by Gasteiger charge is -2.36. The lowest BCUT2D eigenvalue weighted by atomic mass is 9.88. The fourth-order valence-corrected chi connectivity index (χ4v) is 11.4. The van der Waals surface area contributed by atoms with Gasteiger partial charge in [0.25, 0.3) is 17.4 Å². The van der Waals surface area contributed by atoms with E-state index in [0.717, 1.165) is 128 Å². The number of ether oxygens (including phenoxy) is 2. The van der Waals surface area contributed by atoms with Gasteiger partial charge in [-0.1, -0.05) is 84.9 Å². The summed E-state index contributed by atoms with van der Waals surface area (Å²) in [5, 5.41) is 13.9. The number of carbonyl (C=O) groups excluding carboxylic acids is 4. The second-order valence-electron chi connectivity index (χ2n) is 21.6. The maximum atomic E-state index is 14.1. The van der Waals surface area contributed by atoms with Gasteiger partial charge in [-0.3, -0.25) is 43.3 Å². The number of likely N-dealkylation sites (tertiary alicyclic amines) is 1. The number of pyridine rings is 3. The Morgan fingerprint density at radius 1 is 0.845 bits per heavy atom. The molecule has 2 saturated heterocycles. The highest BCUT2D eigenvalue weighted by molar-refractivity contribution is 7.98. The van der Waals surface area contributed by atoms with Crippen LogP contribution in [-0.2, 0) is 35.6 Å². The molecule has 0 aliphatic carbocycles. The van der Waals surface area contributed by atoms with Gasteiger partial charge in [0.05, 0.1) is 60.8 Å². The minimum Gasteiger partial charge on any atom is -0.497 e. The summed E-state index contributed by atoms with van der Waals surface area (Å²) in [6.45, 7) is 19.6. The van der Waals surface area contributed by atoms with Gasteiger partial charge in [-0.15, -0.1) is 0 Å². The highest BCUT2D eigenvalue weighted by Crippen LogP contribution is 2.29. The van der Waals surface area contributed by atoms with E-state index >= 15 is 0 Å². The number of rotatable bonds is 28. The van der Waals surface area contributed by atoms with Crippen LogP contribution < -0.4 is 40.6 Å². The fraction of sp³-hybridized carbons (Fsp3) is 0.500. The summed E-state index contributed by atoms with van der Waals surface area (Å²) in [6.07, 6.45) is 16.8. The van der Waals surface area contributed by atoms with Crippen molar-refractivity contribution in [2.45, 2.75) is 142 Å². The lowest BCUT2D eigenvalue weighted by Crippen LogP contribution is -2.51. The molecule has 2 aliphatic rings. The van der Waals surface area contributed by atoms with Crippen molar-refractivity contribution in [3.8, 4) is 11.5 Å². The van der Waals surface area contributed by atoms with Crippen molar-refractivity contribution in [2.75, 3.05) is 71.0 Å². The number of amides is 4. The molecule has 0 bridgehead atoms. The Hall–Kier alpha value is -7.29. The Balaban J connectivity index is 0.00000185. The molecule has 0 spiro atoms. The molecule has 20 heteroatoms. The van der Waals surface area contributed by atoms with Gasteiger partial charge in [-0.2, -0.15) is 5.10 Å². The van der Waals surface area contributed by atoms with Crippen LogP contribution in [0.2, 0.25) is 0 Å². The van der Waals surface area contributed by atoms with E-state index in [1.165, 1.54) is 19.3 Å². The van der Waals surface area contributed by atoms with Gasteiger partial charge < -0.3 is 40.2 Å². The summed E-state index contributed by atoms with van der Waals surface area (Å²) < 4.78 is 15.7. The third-order valence-corrected chi connectivity index (χ3v) is 16.2.